The SMILES string of the molecule is CCCCCCCCC1(C)OCc2c(CCl)cnc(C)c2O1. The first-order chi connectivity index (χ1) is 10.6. The highest BCUT2D eigenvalue weighted by molar-refractivity contribution is 6.17. The molecule has 1 aromatic rings. The maximum atomic E-state index is 6.18. The van der Waals surface area contributed by atoms with Crippen molar-refractivity contribution in [1.82, 2.24) is 4.98 Å². The number of alkyl halides is 1. The molecule has 0 saturated heterocycles. The van der Waals surface area contributed by atoms with Crippen LogP contribution in [0.4, 0.5) is 0 Å². The predicted molar refractivity (Wildman–Crippen MR) is 90.3 cm³/mol. The molecule has 1 aromatic heterocycles. The summed E-state index contributed by atoms with van der Waals surface area (Å²) in [4.78, 5) is 4.39. The fourth-order valence-corrected chi connectivity index (χ4v) is 3.13. The minimum Gasteiger partial charge on any atom is -0.460 e. The number of pyridine rings is 1. The van der Waals surface area contributed by atoms with E-state index in [9.17, 15) is 0 Å². The first-order valence-electron chi connectivity index (χ1n) is 8.46. The summed E-state index contributed by atoms with van der Waals surface area (Å²) in [6.07, 6.45) is 10.4. The zero-order chi connectivity index (χ0) is 16.0. The van der Waals surface area contributed by atoms with Crippen molar-refractivity contribution in [1.29, 1.82) is 0 Å². The largest absolute Gasteiger partial charge is 0.460 e. The Bertz CT molecular complexity index is 492. The molecule has 0 N–H and O–H groups in total. The molecule has 22 heavy (non-hydrogen) atoms. The van der Waals surface area contributed by atoms with Crippen molar-refractivity contribution in [2.45, 2.75) is 84.0 Å². The van der Waals surface area contributed by atoms with Gasteiger partial charge in [-0.05, 0) is 18.9 Å². The second kappa shape index (κ2) is 8.16. The van der Waals surface area contributed by atoms with Crippen molar-refractivity contribution < 1.29 is 9.47 Å². The van der Waals surface area contributed by atoms with Gasteiger partial charge in [-0.25, -0.2) is 0 Å². The van der Waals surface area contributed by atoms with Crippen LogP contribution in [0.5, 0.6) is 5.75 Å². The second-order valence-corrected chi connectivity index (χ2v) is 6.62. The van der Waals surface area contributed by atoms with Gasteiger partial charge in [0.05, 0.1) is 12.3 Å². The van der Waals surface area contributed by atoms with Gasteiger partial charge in [-0.3, -0.25) is 4.98 Å². The van der Waals surface area contributed by atoms with E-state index in [4.69, 9.17) is 21.1 Å². The van der Waals surface area contributed by atoms with E-state index in [1.807, 2.05) is 20.0 Å². The van der Waals surface area contributed by atoms with Crippen LogP contribution in [0.25, 0.3) is 0 Å². The third kappa shape index (κ3) is 4.36. The number of hydrogen-bond donors (Lipinski definition) is 0. The normalized spacial score (nSPS) is 20.5. The number of halogens is 1. The van der Waals surface area contributed by atoms with Gasteiger partial charge in [-0.15, -0.1) is 11.6 Å². The summed E-state index contributed by atoms with van der Waals surface area (Å²) in [6, 6.07) is 0. The van der Waals surface area contributed by atoms with Crippen LogP contribution in [0.15, 0.2) is 6.20 Å². The lowest BCUT2D eigenvalue weighted by Gasteiger charge is -2.37. The highest BCUT2D eigenvalue weighted by atomic mass is 35.5. The van der Waals surface area contributed by atoms with Gasteiger partial charge in [0.1, 0.15) is 5.75 Å². The summed E-state index contributed by atoms with van der Waals surface area (Å²) in [6.45, 7) is 6.82. The molecule has 1 aliphatic heterocycles. The van der Waals surface area contributed by atoms with Crippen LogP contribution in [0, 0.1) is 6.92 Å². The van der Waals surface area contributed by atoms with Crippen LogP contribution in [-0.4, -0.2) is 10.8 Å². The molecule has 4 heteroatoms. The van der Waals surface area contributed by atoms with E-state index in [0.29, 0.717) is 12.5 Å². The minimum atomic E-state index is -0.533. The fraction of sp³-hybridized carbons (Fsp3) is 0.722. The fourth-order valence-electron chi connectivity index (χ4n) is 2.90. The number of aryl methyl sites for hydroxylation is 1. The Hall–Kier alpha value is -0.800. The quantitative estimate of drug-likeness (QED) is 0.467. The van der Waals surface area contributed by atoms with Gasteiger partial charge >= 0.3 is 0 Å². The van der Waals surface area contributed by atoms with Crippen LogP contribution < -0.4 is 4.74 Å². The van der Waals surface area contributed by atoms with Gasteiger partial charge in [0.25, 0.3) is 0 Å². The summed E-state index contributed by atoms with van der Waals surface area (Å²) < 4.78 is 12.2. The van der Waals surface area contributed by atoms with E-state index in [1.165, 1.54) is 32.1 Å². The average Bonchev–Trinajstić information content (AvgIpc) is 2.52. The predicted octanol–water partition coefficient (Wildman–Crippen LogP) is 5.50. The smallest absolute Gasteiger partial charge is 0.208 e. The van der Waals surface area contributed by atoms with Gasteiger partial charge in [-0.2, -0.15) is 0 Å². The molecule has 2 rings (SSSR count). The summed E-state index contributed by atoms with van der Waals surface area (Å²) in [5, 5.41) is 0. The molecule has 0 saturated carbocycles. The summed E-state index contributed by atoms with van der Waals surface area (Å²) in [5.41, 5.74) is 2.98. The molecule has 0 spiro atoms. The monoisotopic (exact) mass is 325 g/mol. The van der Waals surface area contributed by atoms with Crippen molar-refractivity contribution in [3.05, 3.63) is 23.0 Å². The number of ether oxygens (including phenoxy) is 2. The van der Waals surface area contributed by atoms with Crippen LogP contribution >= 0.6 is 11.6 Å². The summed E-state index contributed by atoms with van der Waals surface area (Å²) in [7, 11) is 0. The van der Waals surface area contributed by atoms with Crippen LogP contribution in [0.1, 0.15) is 75.6 Å². The van der Waals surface area contributed by atoms with Crippen LogP contribution in [0.3, 0.4) is 0 Å². The third-order valence-corrected chi connectivity index (χ3v) is 4.66. The molecular formula is C18H28ClNO2. The molecule has 0 radical (unpaired) electrons. The van der Waals surface area contributed by atoms with Crippen molar-refractivity contribution in [3.63, 3.8) is 0 Å². The number of nitrogens with zero attached hydrogens (tertiary/aromatic N) is 1. The first kappa shape index (κ1) is 17.6. The highest BCUT2D eigenvalue weighted by Gasteiger charge is 2.34. The first-order valence-corrected chi connectivity index (χ1v) is 8.99. The molecular weight excluding hydrogens is 298 g/mol. The molecule has 124 valence electrons. The summed E-state index contributed by atoms with van der Waals surface area (Å²) >= 11 is 5.98. The second-order valence-electron chi connectivity index (χ2n) is 6.35. The van der Waals surface area contributed by atoms with E-state index in [1.54, 1.807) is 0 Å². The van der Waals surface area contributed by atoms with Gasteiger partial charge in [0, 0.05) is 31.0 Å². The minimum absolute atomic E-state index is 0.441. The molecule has 3 nitrogen and oxygen atoms in total. The molecule has 0 aliphatic carbocycles. The Labute approximate surface area is 139 Å². The molecule has 0 amide bonds. The molecule has 0 bridgehead atoms. The maximum absolute atomic E-state index is 6.18. The number of unbranched alkanes of at least 4 members (excludes halogenated alkanes) is 5. The lowest BCUT2D eigenvalue weighted by Crippen LogP contribution is -2.39. The standard InChI is InChI=1S/C18H28ClNO2/c1-4-5-6-7-8-9-10-18(3)21-13-16-15(11-19)12-20-14(2)17(16)22-18/h12H,4-11,13H2,1-3H3. The Morgan fingerprint density at radius 1 is 1.23 bits per heavy atom. The van der Waals surface area contributed by atoms with Crippen LogP contribution in [0.2, 0.25) is 0 Å². The molecule has 2 heterocycles. The number of aromatic nitrogens is 1. The van der Waals surface area contributed by atoms with Crippen molar-refractivity contribution in [2.75, 3.05) is 0 Å². The van der Waals surface area contributed by atoms with Gasteiger partial charge < -0.3 is 9.47 Å². The molecule has 0 aromatic carbocycles. The molecule has 1 unspecified atom stereocenters. The van der Waals surface area contributed by atoms with E-state index < -0.39 is 5.79 Å². The average molecular weight is 326 g/mol. The van der Waals surface area contributed by atoms with Gasteiger partial charge in [0.2, 0.25) is 5.79 Å². The van der Waals surface area contributed by atoms with Crippen LogP contribution in [-0.2, 0) is 17.2 Å². The maximum Gasteiger partial charge on any atom is 0.208 e. The van der Waals surface area contributed by atoms with Gasteiger partial charge in [0.15, 0.2) is 0 Å². The topological polar surface area (TPSA) is 31.4 Å². The van der Waals surface area contributed by atoms with E-state index >= 15 is 0 Å². The van der Waals surface area contributed by atoms with E-state index in [0.717, 1.165) is 35.4 Å². The Kier molecular flexibility index (Phi) is 6.51. The zero-order valence-corrected chi connectivity index (χ0v) is 14.8. The molecule has 1 aliphatic rings. The Balaban J connectivity index is 1.93. The number of rotatable bonds is 8. The van der Waals surface area contributed by atoms with Crippen molar-refractivity contribution >= 4 is 11.6 Å². The van der Waals surface area contributed by atoms with E-state index in [-0.39, 0.29) is 0 Å². The van der Waals surface area contributed by atoms with Crippen molar-refractivity contribution in [3.8, 4) is 5.75 Å². The highest BCUT2D eigenvalue weighted by Crippen LogP contribution is 2.37. The lowest BCUT2D eigenvalue weighted by atomic mass is 10.0. The van der Waals surface area contributed by atoms with Gasteiger partial charge in [-0.1, -0.05) is 39.0 Å². The summed E-state index contributed by atoms with van der Waals surface area (Å²) in [5.74, 6) is 0.781. The number of fused-ring (bicyclic) bond motifs is 1. The Morgan fingerprint density at radius 2 is 1.95 bits per heavy atom. The third-order valence-electron chi connectivity index (χ3n) is 4.37. The van der Waals surface area contributed by atoms with Crippen molar-refractivity contribution in [2.24, 2.45) is 0 Å². The van der Waals surface area contributed by atoms with E-state index in [2.05, 4.69) is 11.9 Å². The zero-order valence-electron chi connectivity index (χ0n) is 14.1. The molecule has 0 fully saturated rings. The lowest BCUT2D eigenvalue weighted by molar-refractivity contribution is -0.198. The Morgan fingerprint density at radius 3 is 2.68 bits per heavy atom. The molecule has 1 atom stereocenters. The number of hydrogen-bond acceptors (Lipinski definition) is 3.